The normalized spacial score (nSPS) is 15.3. The number of hydrogen-bond acceptors (Lipinski definition) is 3. The van der Waals surface area contributed by atoms with E-state index in [2.05, 4.69) is 11.8 Å². The molecule has 1 aromatic carbocycles. The maximum absolute atomic E-state index is 12.7. The van der Waals surface area contributed by atoms with Gasteiger partial charge in [0.05, 0.1) is 12.2 Å². The predicted molar refractivity (Wildman–Crippen MR) is 91.3 cm³/mol. The number of Topliss-reactive ketones (excluding diaryl/α,β-unsaturated/α-hetero) is 1. The number of aryl methyl sites for hydroxylation is 1. The van der Waals surface area contributed by atoms with E-state index in [1.165, 1.54) is 12.8 Å². The van der Waals surface area contributed by atoms with Crippen molar-refractivity contribution in [3.05, 3.63) is 27.8 Å². The third-order valence-corrected chi connectivity index (χ3v) is 4.82. The molecule has 1 aliphatic heterocycles. The van der Waals surface area contributed by atoms with E-state index in [4.69, 9.17) is 16.3 Å². The number of rotatable bonds is 7. The number of ether oxygens (including phenoxy) is 1. The van der Waals surface area contributed by atoms with E-state index < -0.39 is 0 Å². The predicted octanol–water partition coefficient (Wildman–Crippen LogP) is 4.41. The van der Waals surface area contributed by atoms with Gasteiger partial charge in [0.25, 0.3) is 0 Å². The molecule has 1 aliphatic rings. The van der Waals surface area contributed by atoms with Crippen molar-refractivity contribution in [2.45, 2.75) is 46.5 Å². The molecule has 0 radical (unpaired) electrons. The monoisotopic (exact) mass is 323 g/mol. The number of carbonyl (C=O) groups is 1. The molecular weight excluding hydrogens is 298 g/mol. The van der Waals surface area contributed by atoms with Gasteiger partial charge in [0.15, 0.2) is 5.78 Å². The Labute approximate surface area is 138 Å². The summed E-state index contributed by atoms with van der Waals surface area (Å²) in [6.07, 6.45) is 3.94. The topological polar surface area (TPSA) is 29.5 Å². The second kappa shape index (κ2) is 7.98. The lowest BCUT2D eigenvalue weighted by atomic mass is 9.98. The molecule has 4 heteroatoms. The quantitative estimate of drug-likeness (QED) is 0.696. The number of halogens is 1. The minimum atomic E-state index is 0.136. The molecule has 2 rings (SSSR count). The van der Waals surface area contributed by atoms with E-state index in [0.717, 1.165) is 37.2 Å². The van der Waals surface area contributed by atoms with Crippen LogP contribution in [0.1, 0.15) is 54.1 Å². The van der Waals surface area contributed by atoms with Crippen molar-refractivity contribution in [3.8, 4) is 5.75 Å². The molecule has 3 nitrogen and oxygen atoms in total. The first-order valence-electron chi connectivity index (χ1n) is 8.22. The molecule has 0 unspecified atom stereocenters. The standard InChI is InChI=1S/C18H26ClNO2/c1-4-11-22-16-12-13(2)18(19)14(3)17(16)15(21)7-10-20-8-5-6-9-20/h12H,4-11H2,1-3H3. The zero-order valence-electron chi connectivity index (χ0n) is 13.9. The maximum Gasteiger partial charge on any atom is 0.168 e. The Morgan fingerprint density at radius 3 is 2.64 bits per heavy atom. The summed E-state index contributed by atoms with van der Waals surface area (Å²) in [5.41, 5.74) is 2.48. The van der Waals surface area contributed by atoms with Crippen LogP contribution in [0.4, 0.5) is 0 Å². The molecule has 1 fully saturated rings. The third kappa shape index (κ3) is 4.02. The fourth-order valence-electron chi connectivity index (χ4n) is 2.99. The summed E-state index contributed by atoms with van der Waals surface area (Å²) < 4.78 is 5.80. The molecule has 122 valence electrons. The SMILES string of the molecule is CCCOc1cc(C)c(Cl)c(C)c1C(=O)CCN1CCCC1. The van der Waals surface area contributed by atoms with Crippen LogP contribution < -0.4 is 4.74 Å². The van der Waals surface area contributed by atoms with E-state index in [0.29, 0.717) is 29.4 Å². The highest BCUT2D eigenvalue weighted by atomic mass is 35.5. The number of ketones is 1. The van der Waals surface area contributed by atoms with Gasteiger partial charge < -0.3 is 9.64 Å². The Bertz CT molecular complexity index is 536. The van der Waals surface area contributed by atoms with Gasteiger partial charge in [-0.05, 0) is 63.4 Å². The Hall–Kier alpha value is -1.06. The van der Waals surface area contributed by atoms with Crippen LogP contribution in [0.25, 0.3) is 0 Å². The molecule has 0 N–H and O–H groups in total. The second-order valence-electron chi connectivity index (χ2n) is 6.08. The fraction of sp³-hybridized carbons (Fsp3) is 0.611. The van der Waals surface area contributed by atoms with Gasteiger partial charge >= 0.3 is 0 Å². The van der Waals surface area contributed by atoms with Gasteiger partial charge in [-0.1, -0.05) is 18.5 Å². The number of hydrogen-bond donors (Lipinski definition) is 0. The first-order valence-corrected chi connectivity index (χ1v) is 8.60. The van der Waals surface area contributed by atoms with Crippen molar-refractivity contribution in [2.24, 2.45) is 0 Å². The largest absolute Gasteiger partial charge is 0.493 e. The minimum absolute atomic E-state index is 0.136. The third-order valence-electron chi connectivity index (χ3n) is 4.24. The first kappa shape index (κ1) is 17.3. The summed E-state index contributed by atoms with van der Waals surface area (Å²) in [7, 11) is 0. The van der Waals surface area contributed by atoms with Crippen LogP contribution in [0.5, 0.6) is 5.75 Å². The van der Waals surface area contributed by atoms with Gasteiger partial charge in [-0.15, -0.1) is 0 Å². The Morgan fingerprint density at radius 2 is 2.00 bits per heavy atom. The Morgan fingerprint density at radius 1 is 1.32 bits per heavy atom. The number of benzene rings is 1. The van der Waals surface area contributed by atoms with Crippen molar-refractivity contribution in [1.29, 1.82) is 0 Å². The van der Waals surface area contributed by atoms with Gasteiger partial charge in [0.2, 0.25) is 0 Å². The fourth-order valence-corrected chi connectivity index (χ4v) is 3.13. The van der Waals surface area contributed by atoms with Crippen LogP contribution in [0, 0.1) is 13.8 Å². The smallest absolute Gasteiger partial charge is 0.168 e. The van der Waals surface area contributed by atoms with Crippen LogP contribution >= 0.6 is 11.6 Å². The van der Waals surface area contributed by atoms with Crippen LogP contribution in [0.2, 0.25) is 5.02 Å². The summed E-state index contributed by atoms with van der Waals surface area (Å²) in [5, 5.41) is 0.674. The molecule has 22 heavy (non-hydrogen) atoms. The van der Waals surface area contributed by atoms with Gasteiger partial charge in [0, 0.05) is 18.0 Å². The summed E-state index contributed by atoms with van der Waals surface area (Å²) in [5.74, 6) is 0.824. The number of nitrogens with zero attached hydrogens (tertiary/aromatic N) is 1. The summed E-state index contributed by atoms with van der Waals surface area (Å²) in [6.45, 7) is 9.60. The molecule has 0 amide bonds. The molecule has 1 aromatic rings. The van der Waals surface area contributed by atoms with Crippen molar-refractivity contribution in [2.75, 3.05) is 26.2 Å². The van der Waals surface area contributed by atoms with Crippen molar-refractivity contribution in [1.82, 2.24) is 4.90 Å². The zero-order chi connectivity index (χ0) is 16.1. The zero-order valence-corrected chi connectivity index (χ0v) is 14.6. The van der Waals surface area contributed by atoms with Gasteiger partial charge in [-0.2, -0.15) is 0 Å². The van der Waals surface area contributed by atoms with Gasteiger partial charge in [-0.3, -0.25) is 4.79 Å². The van der Waals surface area contributed by atoms with Crippen LogP contribution in [0.3, 0.4) is 0 Å². The Kier molecular flexibility index (Phi) is 6.27. The molecule has 1 heterocycles. The van der Waals surface area contributed by atoms with E-state index in [-0.39, 0.29) is 5.78 Å². The van der Waals surface area contributed by atoms with Crippen LogP contribution in [-0.4, -0.2) is 36.9 Å². The van der Waals surface area contributed by atoms with Crippen LogP contribution in [0.15, 0.2) is 6.07 Å². The number of likely N-dealkylation sites (tertiary alicyclic amines) is 1. The van der Waals surface area contributed by atoms with E-state index in [9.17, 15) is 4.79 Å². The summed E-state index contributed by atoms with van der Waals surface area (Å²) in [6, 6.07) is 1.90. The molecule has 0 bridgehead atoms. The maximum atomic E-state index is 12.7. The Balaban J connectivity index is 2.18. The lowest BCUT2D eigenvalue weighted by Crippen LogP contribution is -2.23. The van der Waals surface area contributed by atoms with E-state index in [1.807, 2.05) is 19.9 Å². The molecule has 0 saturated carbocycles. The first-order chi connectivity index (χ1) is 10.5. The lowest BCUT2D eigenvalue weighted by Gasteiger charge is -2.18. The molecule has 0 aliphatic carbocycles. The van der Waals surface area contributed by atoms with E-state index in [1.54, 1.807) is 0 Å². The van der Waals surface area contributed by atoms with Gasteiger partial charge in [-0.25, -0.2) is 0 Å². The highest BCUT2D eigenvalue weighted by Gasteiger charge is 2.21. The highest BCUT2D eigenvalue weighted by molar-refractivity contribution is 6.32. The number of carbonyl (C=O) groups excluding carboxylic acids is 1. The molecule has 0 spiro atoms. The van der Waals surface area contributed by atoms with Crippen molar-refractivity contribution < 1.29 is 9.53 Å². The molecular formula is C18H26ClNO2. The van der Waals surface area contributed by atoms with Crippen molar-refractivity contribution >= 4 is 17.4 Å². The van der Waals surface area contributed by atoms with E-state index >= 15 is 0 Å². The minimum Gasteiger partial charge on any atom is -0.493 e. The molecule has 1 saturated heterocycles. The van der Waals surface area contributed by atoms with Crippen LogP contribution in [-0.2, 0) is 0 Å². The second-order valence-corrected chi connectivity index (χ2v) is 6.45. The molecule has 0 aromatic heterocycles. The van der Waals surface area contributed by atoms with Crippen molar-refractivity contribution in [3.63, 3.8) is 0 Å². The summed E-state index contributed by atoms with van der Waals surface area (Å²) >= 11 is 6.34. The lowest BCUT2D eigenvalue weighted by molar-refractivity contribution is 0.0964. The average Bonchev–Trinajstić information content (AvgIpc) is 3.01. The average molecular weight is 324 g/mol. The highest BCUT2D eigenvalue weighted by Crippen LogP contribution is 2.32. The molecule has 0 atom stereocenters. The van der Waals surface area contributed by atoms with Gasteiger partial charge in [0.1, 0.15) is 5.75 Å². The summed E-state index contributed by atoms with van der Waals surface area (Å²) in [4.78, 5) is 15.1.